The molecule has 2 nitrogen and oxygen atoms in total. The van der Waals surface area contributed by atoms with Gasteiger partial charge in [0.25, 0.3) is 0 Å². The average Bonchev–Trinajstić information content (AvgIpc) is 2.88. The maximum atomic E-state index is 13.8. The fourth-order valence-electron chi connectivity index (χ4n) is 3.99. The van der Waals surface area contributed by atoms with E-state index in [-0.39, 0.29) is 11.6 Å². The molecule has 4 aromatic carbocycles. The summed E-state index contributed by atoms with van der Waals surface area (Å²) >= 11 is 0. The molecule has 0 N–H and O–H groups in total. The summed E-state index contributed by atoms with van der Waals surface area (Å²) in [5.74, 6) is -1.63. The number of ketones is 2. The zero-order chi connectivity index (χ0) is 23.0. The molecule has 0 heterocycles. The van der Waals surface area contributed by atoms with Crippen molar-refractivity contribution in [2.24, 2.45) is 5.92 Å². The van der Waals surface area contributed by atoms with Crippen LogP contribution in [-0.2, 0) is 0 Å². The van der Waals surface area contributed by atoms with Crippen LogP contribution in [-0.4, -0.2) is 11.6 Å². The first-order valence-electron chi connectivity index (χ1n) is 11.1. The topological polar surface area (TPSA) is 34.1 Å². The van der Waals surface area contributed by atoms with Gasteiger partial charge in [-0.25, -0.2) is 0 Å². The lowest BCUT2D eigenvalue weighted by Crippen LogP contribution is -2.30. The number of carbonyl (C=O) groups is 2. The Balaban J connectivity index is 1.83. The molecule has 2 unspecified atom stereocenters. The quantitative estimate of drug-likeness (QED) is 0.219. The number of allylic oxidation sites excluding steroid dienone is 1. The molecular formula is C31H26O2. The third kappa shape index (κ3) is 5.42. The Bertz CT molecular complexity index is 1220. The van der Waals surface area contributed by atoms with Gasteiger partial charge in [0.2, 0.25) is 0 Å². The zero-order valence-corrected chi connectivity index (χ0v) is 18.6. The monoisotopic (exact) mass is 430 g/mol. The van der Waals surface area contributed by atoms with E-state index in [1.54, 1.807) is 12.1 Å². The summed E-state index contributed by atoms with van der Waals surface area (Å²) in [4.78, 5) is 27.6. The average molecular weight is 431 g/mol. The molecule has 2 atom stereocenters. The van der Waals surface area contributed by atoms with Gasteiger partial charge in [-0.15, -0.1) is 0 Å². The number of hydrogen-bond acceptors (Lipinski definition) is 2. The number of rotatable bonds is 8. The predicted octanol–water partition coefficient (Wildman–Crippen LogP) is 7.17. The van der Waals surface area contributed by atoms with Crippen LogP contribution >= 0.6 is 0 Å². The lowest BCUT2D eigenvalue weighted by molar-refractivity contribution is 0.0795. The molecule has 0 aliphatic rings. The minimum Gasteiger partial charge on any atom is -0.293 e. The zero-order valence-electron chi connectivity index (χ0n) is 18.6. The Morgan fingerprint density at radius 1 is 0.606 bits per heavy atom. The van der Waals surface area contributed by atoms with Crippen LogP contribution in [0.5, 0.6) is 0 Å². The normalized spacial score (nSPS) is 12.9. The highest BCUT2D eigenvalue weighted by Crippen LogP contribution is 2.33. The molecule has 0 aliphatic heterocycles. The Labute approximate surface area is 195 Å². The first kappa shape index (κ1) is 22.2. The first-order chi connectivity index (χ1) is 16.1. The molecule has 0 saturated carbocycles. The van der Waals surface area contributed by atoms with Crippen LogP contribution in [0.3, 0.4) is 0 Å². The fraction of sp³-hybridized carbons (Fsp3) is 0.0968. The lowest BCUT2D eigenvalue weighted by atomic mass is 9.76. The van der Waals surface area contributed by atoms with Crippen molar-refractivity contribution in [1.82, 2.24) is 0 Å². The van der Waals surface area contributed by atoms with Gasteiger partial charge in [0, 0.05) is 17.0 Å². The van der Waals surface area contributed by atoms with E-state index in [4.69, 9.17) is 0 Å². The van der Waals surface area contributed by atoms with Crippen molar-refractivity contribution >= 4 is 17.6 Å². The van der Waals surface area contributed by atoms with Crippen LogP contribution in [0.2, 0.25) is 0 Å². The minimum absolute atomic E-state index is 0.171. The SMILES string of the molecule is Cc1ccc(C(=O)C(C(=O)c2ccccc2)C(/C=C/c2ccccc2)c2ccccc2)cc1. The predicted molar refractivity (Wildman–Crippen MR) is 134 cm³/mol. The Hall–Kier alpha value is -4.04. The van der Waals surface area contributed by atoms with Gasteiger partial charge in [-0.1, -0.05) is 133 Å². The Morgan fingerprint density at radius 2 is 1.09 bits per heavy atom. The molecule has 0 aliphatic carbocycles. The van der Waals surface area contributed by atoms with Gasteiger partial charge in [-0.2, -0.15) is 0 Å². The Kier molecular flexibility index (Phi) is 7.06. The smallest absolute Gasteiger partial charge is 0.174 e. The van der Waals surface area contributed by atoms with Crippen molar-refractivity contribution in [3.05, 3.63) is 149 Å². The summed E-state index contributed by atoms with van der Waals surface area (Å²) in [6, 6.07) is 36.3. The van der Waals surface area contributed by atoms with Gasteiger partial charge >= 0.3 is 0 Å². The van der Waals surface area contributed by atoms with Gasteiger partial charge in [0.05, 0.1) is 5.92 Å². The van der Waals surface area contributed by atoms with Crippen LogP contribution in [0.25, 0.3) is 6.08 Å². The van der Waals surface area contributed by atoms with E-state index in [0.29, 0.717) is 11.1 Å². The molecule has 0 aromatic heterocycles. The summed E-state index contributed by atoms with van der Waals surface area (Å²) in [6.07, 6.45) is 3.98. The van der Waals surface area contributed by atoms with E-state index < -0.39 is 11.8 Å². The van der Waals surface area contributed by atoms with Gasteiger partial charge in [0.15, 0.2) is 11.6 Å². The molecule has 0 spiro atoms. The third-order valence-electron chi connectivity index (χ3n) is 5.80. The second-order valence-electron chi connectivity index (χ2n) is 8.14. The first-order valence-corrected chi connectivity index (χ1v) is 11.1. The number of carbonyl (C=O) groups excluding carboxylic acids is 2. The number of Topliss-reactive ketones (excluding diaryl/α,β-unsaturated/α-hetero) is 2. The van der Waals surface area contributed by atoms with Crippen molar-refractivity contribution in [1.29, 1.82) is 0 Å². The van der Waals surface area contributed by atoms with Crippen LogP contribution in [0, 0.1) is 12.8 Å². The van der Waals surface area contributed by atoms with E-state index >= 15 is 0 Å². The van der Waals surface area contributed by atoms with Crippen LogP contribution in [0.15, 0.2) is 121 Å². The summed E-state index contributed by atoms with van der Waals surface area (Å²) in [5.41, 5.74) is 4.11. The second kappa shape index (κ2) is 10.5. The molecule has 0 fully saturated rings. The van der Waals surface area contributed by atoms with E-state index in [1.807, 2.05) is 122 Å². The van der Waals surface area contributed by atoms with E-state index in [2.05, 4.69) is 0 Å². The molecule has 0 amide bonds. The number of benzene rings is 4. The van der Waals surface area contributed by atoms with Gasteiger partial charge in [-0.3, -0.25) is 9.59 Å². The van der Waals surface area contributed by atoms with Crippen molar-refractivity contribution in [3.8, 4) is 0 Å². The van der Waals surface area contributed by atoms with Crippen LogP contribution in [0.4, 0.5) is 0 Å². The highest BCUT2D eigenvalue weighted by molar-refractivity contribution is 6.17. The van der Waals surface area contributed by atoms with Gasteiger partial charge in [-0.05, 0) is 18.1 Å². The lowest BCUT2D eigenvalue weighted by Gasteiger charge is -2.24. The molecule has 162 valence electrons. The number of aryl methyl sites for hydroxylation is 1. The third-order valence-corrected chi connectivity index (χ3v) is 5.80. The molecule has 0 radical (unpaired) electrons. The molecular weight excluding hydrogens is 404 g/mol. The summed E-state index contributed by atoms with van der Waals surface area (Å²) < 4.78 is 0. The molecule has 0 bridgehead atoms. The maximum absolute atomic E-state index is 13.8. The molecule has 0 saturated heterocycles. The largest absolute Gasteiger partial charge is 0.293 e. The molecule has 33 heavy (non-hydrogen) atoms. The van der Waals surface area contributed by atoms with Crippen molar-refractivity contribution in [3.63, 3.8) is 0 Å². The summed E-state index contributed by atoms with van der Waals surface area (Å²) in [5, 5.41) is 0. The van der Waals surface area contributed by atoms with Crippen molar-refractivity contribution in [2.45, 2.75) is 12.8 Å². The van der Waals surface area contributed by atoms with Gasteiger partial charge < -0.3 is 0 Å². The molecule has 4 aromatic rings. The summed E-state index contributed by atoms with van der Waals surface area (Å²) in [6.45, 7) is 1.98. The molecule has 2 heteroatoms. The van der Waals surface area contributed by atoms with Crippen molar-refractivity contribution < 1.29 is 9.59 Å². The summed E-state index contributed by atoms with van der Waals surface area (Å²) in [7, 11) is 0. The van der Waals surface area contributed by atoms with E-state index in [1.165, 1.54) is 0 Å². The Morgan fingerprint density at radius 3 is 1.67 bits per heavy atom. The minimum atomic E-state index is -0.877. The maximum Gasteiger partial charge on any atom is 0.174 e. The van der Waals surface area contributed by atoms with Crippen LogP contribution < -0.4 is 0 Å². The van der Waals surface area contributed by atoms with E-state index in [9.17, 15) is 9.59 Å². The van der Waals surface area contributed by atoms with E-state index in [0.717, 1.165) is 16.7 Å². The second-order valence-corrected chi connectivity index (χ2v) is 8.14. The fourth-order valence-corrected chi connectivity index (χ4v) is 3.99. The molecule has 4 rings (SSSR count). The highest BCUT2D eigenvalue weighted by Gasteiger charge is 2.35. The highest BCUT2D eigenvalue weighted by atomic mass is 16.2. The van der Waals surface area contributed by atoms with Gasteiger partial charge in [0.1, 0.15) is 0 Å². The standard InChI is InChI=1S/C31H26O2/c1-23-17-20-27(21-18-23)31(33)29(30(32)26-15-9-4-10-16-26)28(25-13-7-3-8-14-25)22-19-24-11-5-2-6-12-24/h2-22,28-29H,1H3/b22-19+. The number of hydrogen-bond donors (Lipinski definition) is 0. The van der Waals surface area contributed by atoms with Crippen LogP contribution in [0.1, 0.15) is 43.3 Å². The van der Waals surface area contributed by atoms with Crippen molar-refractivity contribution in [2.75, 3.05) is 0 Å².